The van der Waals surface area contributed by atoms with Crippen LogP contribution in [0.3, 0.4) is 0 Å². The molecule has 0 aliphatic rings. The van der Waals surface area contributed by atoms with E-state index >= 15 is 0 Å². The van der Waals surface area contributed by atoms with E-state index in [9.17, 15) is 9.90 Å². The molecule has 0 saturated carbocycles. The molecule has 0 radical (unpaired) electrons. The van der Waals surface area contributed by atoms with Crippen molar-refractivity contribution >= 4 is 6.29 Å². The molecule has 0 spiro atoms. The van der Waals surface area contributed by atoms with Gasteiger partial charge in [-0.2, -0.15) is 0 Å². The van der Waals surface area contributed by atoms with Gasteiger partial charge in [0.15, 0.2) is 12.0 Å². The average molecular weight is 203 g/mol. The predicted octanol–water partition coefficient (Wildman–Crippen LogP) is 1.00. The zero-order valence-electron chi connectivity index (χ0n) is 8.08. The summed E-state index contributed by atoms with van der Waals surface area (Å²) in [7, 11) is 1.69. The number of nitrogens with zero attached hydrogens (tertiary/aromatic N) is 3. The fraction of sp³-hybridized carbons (Fsp3) is 0.100. The molecule has 1 heterocycles. The molecule has 0 aliphatic heterocycles. The Morgan fingerprint density at radius 3 is 2.93 bits per heavy atom. The minimum atomic E-state index is 0.144. The molecule has 2 aromatic rings. The van der Waals surface area contributed by atoms with Crippen LogP contribution in [0.25, 0.3) is 11.3 Å². The number of rotatable bonds is 2. The first-order valence-corrected chi connectivity index (χ1v) is 4.36. The SMILES string of the molecule is Cn1nnc(C=O)c1-c1cccc(O)c1. The maximum Gasteiger partial charge on any atom is 0.172 e. The molecule has 15 heavy (non-hydrogen) atoms. The van der Waals surface area contributed by atoms with Crippen molar-refractivity contribution < 1.29 is 9.90 Å². The lowest BCUT2D eigenvalue weighted by Gasteiger charge is -2.01. The summed E-state index contributed by atoms with van der Waals surface area (Å²) in [5.41, 5.74) is 1.58. The molecule has 1 N–H and O–H groups in total. The number of aryl methyl sites for hydroxylation is 1. The lowest BCUT2D eigenvalue weighted by Crippen LogP contribution is -1.95. The largest absolute Gasteiger partial charge is 0.508 e. The van der Waals surface area contributed by atoms with E-state index in [-0.39, 0.29) is 11.4 Å². The van der Waals surface area contributed by atoms with Crippen LogP contribution in [0, 0.1) is 0 Å². The Kier molecular flexibility index (Phi) is 2.21. The van der Waals surface area contributed by atoms with Gasteiger partial charge in [-0.1, -0.05) is 17.3 Å². The van der Waals surface area contributed by atoms with E-state index in [4.69, 9.17) is 0 Å². The number of benzene rings is 1. The highest BCUT2D eigenvalue weighted by Gasteiger charge is 2.11. The van der Waals surface area contributed by atoms with Crippen molar-refractivity contribution in [3.05, 3.63) is 30.0 Å². The zero-order chi connectivity index (χ0) is 10.8. The second-order valence-corrected chi connectivity index (χ2v) is 3.12. The molecule has 0 saturated heterocycles. The monoisotopic (exact) mass is 203 g/mol. The fourth-order valence-corrected chi connectivity index (χ4v) is 1.44. The predicted molar refractivity (Wildman–Crippen MR) is 53.5 cm³/mol. The molecule has 0 bridgehead atoms. The molecule has 0 atom stereocenters. The van der Waals surface area contributed by atoms with Gasteiger partial charge in [-0.05, 0) is 12.1 Å². The maximum atomic E-state index is 10.7. The van der Waals surface area contributed by atoms with Crippen molar-refractivity contribution in [2.24, 2.45) is 7.05 Å². The van der Waals surface area contributed by atoms with Crippen molar-refractivity contribution in [1.29, 1.82) is 0 Å². The topological polar surface area (TPSA) is 68.0 Å². The number of phenolic OH excluding ortho intramolecular Hbond substituents is 1. The van der Waals surface area contributed by atoms with Crippen LogP contribution >= 0.6 is 0 Å². The second-order valence-electron chi connectivity index (χ2n) is 3.12. The molecule has 76 valence electrons. The smallest absolute Gasteiger partial charge is 0.172 e. The second kappa shape index (κ2) is 3.53. The van der Waals surface area contributed by atoms with Crippen LogP contribution in [-0.4, -0.2) is 26.4 Å². The molecule has 2 rings (SSSR count). The normalized spacial score (nSPS) is 10.2. The summed E-state index contributed by atoms with van der Waals surface area (Å²) in [5.74, 6) is 0.144. The van der Waals surface area contributed by atoms with Crippen molar-refractivity contribution in [2.45, 2.75) is 0 Å². The number of carbonyl (C=O) groups excluding carboxylic acids is 1. The Balaban J connectivity index is 2.62. The molecular formula is C10H9N3O2. The van der Waals surface area contributed by atoms with Gasteiger partial charge in [-0.15, -0.1) is 5.10 Å². The molecule has 5 heteroatoms. The Morgan fingerprint density at radius 2 is 2.27 bits per heavy atom. The third kappa shape index (κ3) is 1.59. The van der Waals surface area contributed by atoms with Gasteiger partial charge in [0.25, 0.3) is 0 Å². The zero-order valence-corrected chi connectivity index (χ0v) is 8.08. The molecule has 0 fully saturated rings. The van der Waals surface area contributed by atoms with Crippen molar-refractivity contribution in [1.82, 2.24) is 15.0 Å². The maximum absolute atomic E-state index is 10.7. The highest BCUT2D eigenvalue weighted by molar-refractivity contribution is 5.83. The van der Waals surface area contributed by atoms with E-state index in [0.717, 1.165) is 0 Å². The third-order valence-electron chi connectivity index (χ3n) is 2.08. The van der Waals surface area contributed by atoms with Crippen LogP contribution in [0.4, 0.5) is 0 Å². The number of hydrogen-bond donors (Lipinski definition) is 1. The first-order valence-electron chi connectivity index (χ1n) is 4.36. The minimum Gasteiger partial charge on any atom is -0.508 e. The number of carbonyl (C=O) groups is 1. The van der Waals surface area contributed by atoms with Gasteiger partial charge in [0.2, 0.25) is 0 Å². The van der Waals surface area contributed by atoms with Crippen LogP contribution in [0.1, 0.15) is 10.5 Å². The van der Waals surface area contributed by atoms with E-state index in [1.54, 1.807) is 31.3 Å². The van der Waals surface area contributed by atoms with Gasteiger partial charge in [0.1, 0.15) is 5.75 Å². The first kappa shape index (κ1) is 9.39. The van der Waals surface area contributed by atoms with E-state index in [2.05, 4.69) is 10.3 Å². The number of aromatic hydroxyl groups is 1. The average Bonchev–Trinajstić information content (AvgIpc) is 2.59. The summed E-state index contributed by atoms with van der Waals surface area (Å²) < 4.78 is 1.50. The van der Waals surface area contributed by atoms with E-state index in [1.807, 2.05) is 0 Å². The van der Waals surface area contributed by atoms with E-state index < -0.39 is 0 Å². The first-order chi connectivity index (χ1) is 7.22. The Morgan fingerprint density at radius 1 is 1.47 bits per heavy atom. The van der Waals surface area contributed by atoms with Gasteiger partial charge in [-0.3, -0.25) is 4.79 Å². The van der Waals surface area contributed by atoms with E-state index in [1.165, 1.54) is 4.68 Å². The molecule has 0 amide bonds. The number of aldehydes is 1. The standard InChI is InChI=1S/C10H9N3O2/c1-13-10(9(6-14)11-12-13)7-3-2-4-8(15)5-7/h2-6,15H,1H3. The van der Waals surface area contributed by atoms with E-state index in [0.29, 0.717) is 17.5 Å². The van der Waals surface area contributed by atoms with Gasteiger partial charge >= 0.3 is 0 Å². The summed E-state index contributed by atoms with van der Waals surface area (Å²) in [4.78, 5) is 10.7. The number of phenols is 1. The van der Waals surface area contributed by atoms with Gasteiger partial charge < -0.3 is 5.11 Å². The quantitative estimate of drug-likeness (QED) is 0.739. The minimum absolute atomic E-state index is 0.144. The highest BCUT2D eigenvalue weighted by atomic mass is 16.3. The van der Waals surface area contributed by atoms with Crippen LogP contribution in [0.2, 0.25) is 0 Å². The fourth-order valence-electron chi connectivity index (χ4n) is 1.44. The summed E-state index contributed by atoms with van der Waals surface area (Å²) in [6.07, 6.45) is 0.645. The van der Waals surface area contributed by atoms with Crippen molar-refractivity contribution in [2.75, 3.05) is 0 Å². The van der Waals surface area contributed by atoms with Crippen LogP contribution < -0.4 is 0 Å². The van der Waals surface area contributed by atoms with Gasteiger partial charge in [-0.25, -0.2) is 4.68 Å². The number of hydrogen-bond acceptors (Lipinski definition) is 4. The van der Waals surface area contributed by atoms with Crippen molar-refractivity contribution in [3.8, 4) is 17.0 Å². The Hall–Kier alpha value is -2.17. The third-order valence-corrected chi connectivity index (χ3v) is 2.08. The summed E-state index contributed by atoms with van der Waals surface area (Å²) in [6, 6.07) is 6.61. The Labute approximate surface area is 86.0 Å². The van der Waals surface area contributed by atoms with Crippen LogP contribution in [-0.2, 0) is 7.05 Å². The molecule has 1 aromatic carbocycles. The summed E-state index contributed by atoms with van der Waals surface area (Å²) in [6.45, 7) is 0. The molecular weight excluding hydrogens is 194 g/mol. The number of aromatic nitrogens is 3. The van der Waals surface area contributed by atoms with Crippen molar-refractivity contribution in [3.63, 3.8) is 0 Å². The van der Waals surface area contributed by atoms with Crippen LogP contribution in [0.5, 0.6) is 5.75 Å². The summed E-state index contributed by atoms with van der Waals surface area (Å²) >= 11 is 0. The molecule has 0 aliphatic carbocycles. The lowest BCUT2D eigenvalue weighted by molar-refractivity contribution is 0.111. The Bertz CT molecular complexity index is 505. The highest BCUT2D eigenvalue weighted by Crippen LogP contribution is 2.23. The molecule has 1 aromatic heterocycles. The molecule has 5 nitrogen and oxygen atoms in total. The summed E-state index contributed by atoms with van der Waals surface area (Å²) in [5, 5.41) is 16.8. The van der Waals surface area contributed by atoms with Crippen LogP contribution in [0.15, 0.2) is 24.3 Å². The lowest BCUT2D eigenvalue weighted by atomic mass is 10.1. The van der Waals surface area contributed by atoms with Gasteiger partial charge in [0.05, 0.1) is 5.69 Å². The molecule has 0 unspecified atom stereocenters. The van der Waals surface area contributed by atoms with Gasteiger partial charge in [0, 0.05) is 12.6 Å².